The van der Waals surface area contributed by atoms with E-state index in [1.807, 2.05) is 66.1 Å². The summed E-state index contributed by atoms with van der Waals surface area (Å²) in [6, 6.07) is 18.0. The van der Waals surface area contributed by atoms with Crippen molar-refractivity contribution in [3.63, 3.8) is 0 Å². The van der Waals surface area contributed by atoms with Crippen LogP contribution in [0, 0.1) is 12.8 Å². The summed E-state index contributed by atoms with van der Waals surface area (Å²) in [6.45, 7) is 2.32. The lowest BCUT2D eigenvalue weighted by Gasteiger charge is -2.14. The lowest BCUT2D eigenvalue weighted by atomic mass is 10.0. The molecular formula is C23H23N5O2. The Balaban J connectivity index is 1.54. The monoisotopic (exact) mass is 401 g/mol. The second-order valence-electron chi connectivity index (χ2n) is 7.72. The molecule has 152 valence electrons. The molecule has 2 aliphatic rings. The predicted octanol–water partition coefficient (Wildman–Crippen LogP) is 3.95. The van der Waals surface area contributed by atoms with Gasteiger partial charge in [-0.25, -0.2) is 4.79 Å². The van der Waals surface area contributed by atoms with E-state index in [2.05, 4.69) is 15.5 Å². The van der Waals surface area contributed by atoms with Crippen LogP contribution in [0.4, 0.5) is 4.79 Å². The predicted molar refractivity (Wildman–Crippen MR) is 113 cm³/mol. The third-order valence-corrected chi connectivity index (χ3v) is 5.51. The van der Waals surface area contributed by atoms with Crippen LogP contribution in [-0.4, -0.2) is 33.2 Å². The van der Waals surface area contributed by atoms with E-state index in [4.69, 9.17) is 9.73 Å². The van der Waals surface area contributed by atoms with Gasteiger partial charge in [-0.2, -0.15) is 0 Å². The molecule has 1 atom stereocenters. The molecule has 3 aromatic rings. The number of fused-ring (bicyclic) bond motifs is 3. The van der Waals surface area contributed by atoms with Gasteiger partial charge < -0.3 is 4.74 Å². The zero-order valence-electron chi connectivity index (χ0n) is 16.8. The normalized spacial score (nSPS) is 17.4. The van der Waals surface area contributed by atoms with Crippen molar-refractivity contribution in [2.75, 3.05) is 6.61 Å². The second-order valence-corrected chi connectivity index (χ2v) is 7.72. The molecule has 0 radical (unpaired) electrons. The zero-order chi connectivity index (χ0) is 20.5. The molecule has 5 rings (SSSR count). The Bertz CT molecular complexity index is 1100. The van der Waals surface area contributed by atoms with Gasteiger partial charge in [0.15, 0.2) is 12.0 Å². The summed E-state index contributed by atoms with van der Waals surface area (Å²) < 4.78 is 7.35. The first kappa shape index (κ1) is 18.5. The molecule has 1 saturated carbocycles. The Labute approximate surface area is 174 Å². The summed E-state index contributed by atoms with van der Waals surface area (Å²) in [6.07, 6.45) is 2.19. The molecule has 1 aromatic heterocycles. The fraction of sp³-hybridized carbons (Fsp3) is 0.304. The Morgan fingerprint density at radius 1 is 1.10 bits per heavy atom. The van der Waals surface area contributed by atoms with E-state index in [0.29, 0.717) is 18.3 Å². The highest BCUT2D eigenvalue weighted by atomic mass is 16.5. The summed E-state index contributed by atoms with van der Waals surface area (Å²) in [4.78, 5) is 17.4. The highest BCUT2D eigenvalue weighted by Crippen LogP contribution is 2.32. The number of aromatic nitrogens is 3. The highest BCUT2D eigenvalue weighted by Gasteiger charge is 2.29. The van der Waals surface area contributed by atoms with Crippen molar-refractivity contribution in [3.8, 4) is 5.69 Å². The smallest absolute Gasteiger partial charge is 0.409 e. The van der Waals surface area contributed by atoms with Crippen molar-refractivity contribution in [1.82, 2.24) is 20.1 Å². The average molecular weight is 401 g/mol. The van der Waals surface area contributed by atoms with Crippen molar-refractivity contribution >= 4 is 11.8 Å². The molecule has 0 spiro atoms. The number of aliphatic imine (C=N–C) groups is 1. The summed E-state index contributed by atoms with van der Waals surface area (Å²) in [7, 11) is 0. The standard InChI is InChI=1S/C23H23N5O2/c1-15-26-27-22-21(25-23(29)30-14-13-16-11-12-16)24-20(17-7-3-2-4-8-17)18-9-5-6-10-19(18)28(15)22/h2-10,16,21H,11-14H2,1H3,(H,25,29). The molecule has 7 nitrogen and oxygen atoms in total. The number of hydrogen-bond acceptors (Lipinski definition) is 5. The Hall–Kier alpha value is -3.48. The summed E-state index contributed by atoms with van der Waals surface area (Å²) in [5, 5.41) is 11.5. The number of hydrogen-bond donors (Lipinski definition) is 1. The van der Waals surface area contributed by atoms with Gasteiger partial charge in [-0.05, 0) is 25.3 Å². The van der Waals surface area contributed by atoms with Gasteiger partial charge in [0.25, 0.3) is 0 Å². The van der Waals surface area contributed by atoms with E-state index in [0.717, 1.165) is 34.8 Å². The maximum absolute atomic E-state index is 12.5. The average Bonchev–Trinajstić information content (AvgIpc) is 3.53. The molecule has 1 amide bonds. The van der Waals surface area contributed by atoms with Crippen LogP contribution in [0.1, 0.15) is 48.2 Å². The topological polar surface area (TPSA) is 81.4 Å². The van der Waals surface area contributed by atoms with Gasteiger partial charge in [0, 0.05) is 11.1 Å². The lowest BCUT2D eigenvalue weighted by molar-refractivity contribution is 0.139. The minimum atomic E-state index is -0.706. The van der Waals surface area contributed by atoms with Crippen LogP contribution >= 0.6 is 0 Å². The third kappa shape index (κ3) is 3.58. The molecule has 1 fully saturated rings. The van der Waals surface area contributed by atoms with Crippen molar-refractivity contribution in [2.45, 2.75) is 32.4 Å². The molecular weight excluding hydrogens is 378 g/mol. The number of para-hydroxylation sites is 1. The van der Waals surface area contributed by atoms with Crippen LogP contribution in [-0.2, 0) is 4.74 Å². The second kappa shape index (κ2) is 7.74. The third-order valence-electron chi connectivity index (χ3n) is 5.51. The molecule has 1 aliphatic carbocycles. The first-order chi connectivity index (χ1) is 14.7. The largest absolute Gasteiger partial charge is 0.450 e. The van der Waals surface area contributed by atoms with Crippen LogP contribution in [0.5, 0.6) is 0 Å². The van der Waals surface area contributed by atoms with E-state index in [9.17, 15) is 4.79 Å². The Kier molecular flexibility index (Phi) is 4.78. The number of aryl methyl sites for hydroxylation is 1. The van der Waals surface area contributed by atoms with Crippen LogP contribution in [0.25, 0.3) is 5.69 Å². The Morgan fingerprint density at radius 3 is 2.67 bits per heavy atom. The number of carbonyl (C=O) groups is 1. The van der Waals surface area contributed by atoms with E-state index < -0.39 is 12.3 Å². The number of nitrogens with zero attached hydrogens (tertiary/aromatic N) is 4. The number of carbonyl (C=O) groups excluding carboxylic acids is 1. The number of amides is 1. The number of ether oxygens (including phenoxy) is 1. The first-order valence-electron chi connectivity index (χ1n) is 10.3. The fourth-order valence-electron chi connectivity index (χ4n) is 3.78. The molecule has 1 N–H and O–H groups in total. The van der Waals surface area contributed by atoms with Crippen molar-refractivity contribution in [2.24, 2.45) is 10.9 Å². The lowest BCUT2D eigenvalue weighted by Crippen LogP contribution is -2.30. The van der Waals surface area contributed by atoms with Gasteiger partial charge in [-0.3, -0.25) is 14.9 Å². The first-order valence-corrected chi connectivity index (χ1v) is 10.3. The van der Waals surface area contributed by atoms with Crippen molar-refractivity contribution in [3.05, 3.63) is 77.4 Å². The van der Waals surface area contributed by atoms with Crippen LogP contribution in [0.3, 0.4) is 0 Å². The van der Waals surface area contributed by atoms with Gasteiger partial charge in [0.05, 0.1) is 18.0 Å². The summed E-state index contributed by atoms with van der Waals surface area (Å²) >= 11 is 0. The summed E-state index contributed by atoms with van der Waals surface area (Å²) in [5.41, 5.74) is 3.65. The van der Waals surface area contributed by atoms with Gasteiger partial charge in [0.1, 0.15) is 5.82 Å². The van der Waals surface area contributed by atoms with Gasteiger partial charge in [-0.1, -0.05) is 61.4 Å². The maximum atomic E-state index is 12.5. The number of alkyl carbamates (subject to hydrolysis) is 1. The molecule has 1 aliphatic heterocycles. The van der Waals surface area contributed by atoms with E-state index in [-0.39, 0.29) is 0 Å². The molecule has 2 heterocycles. The van der Waals surface area contributed by atoms with E-state index in [1.54, 1.807) is 0 Å². The maximum Gasteiger partial charge on any atom is 0.409 e. The quantitative estimate of drug-likeness (QED) is 0.702. The van der Waals surface area contributed by atoms with E-state index >= 15 is 0 Å². The molecule has 0 bridgehead atoms. The molecule has 2 aromatic carbocycles. The minimum Gasteiger partial charge on any atom is -0.450 e. The van der Waals surface area contributed by atoms with Crippen LogP contribution in [0.15, 0.2) is 59.6 Å². The Morgan fingerprint density at radius 2 is 1.87 bits per heavy atom. The van der Waals surface area contributed by atoms with Crippen LogP contribution < -0.4 is 5.32 Å². The number of rotatable bonds is 5. The van der Waals surface area contributed by atoms with Gasteiger partial charge in [0.2, 0.25) is 0 Å². The summed E-state index contributed by atoms with van der Waals surface area (Å²) in [5.74, 6) is 2.00. The SMILES string of the molecule is Cc1nnc2n1-c1ccccc1C(c1ccccc1)=NC2NC(=O)OCCC1CC1. The molecule has 0 saturated heterocycles. The van der Waals surface area contributed by atoms with Gasteiger partial charge >= 0.3 is 6.09 Å². The van der Waals surface area contributed by atoms with Crippen LogP contribution in [0.2, 0.25) is 0 Å². The minimum absolute atomic E-state index is 0.421. The molecule has 30 heavy (non-hydrogen) atoms. The highest BCUT2D eigenvalue weighted by molar-refractivity contribution is 6.15. The number of nitrogens with one attached hydrogen (secondary N) is 1. The molecule has 7 heteroatoms. The molecule has 1 unspecified atom stereocenters. The van der Waals surface area contributed by atoms with Crippen molar-refractivity contribution in [1.29, 1.82) is 0 Å². The van der Waals surface area contributed by atoms with Crippen molar-refractivity contribution < 1.29 is 9.53 Å². The zero-order valence-corrected chi connectivity index (χ0v) is 16.8. The fourth-order valence-corrected chi connectivity index (χ4v) is 3.78. The van der Waals surface area contributed by atoms with E-state index in [1.165, 1.54) is 12.8 Å². The number of benzene rings is 2. The van der Waals surface area contributed by atoms with Gasteiger partial charge in [-0.15, -0.1) is 10.2 Å².